The zero-order valence-corrected chi connectivity index (χ0v) is 9.01. The molecule has 0 unspecified atom stereocenters. The second-order valence-electron chi connectivity index (χ2n) is 2.28. The molecular formula is C6H12N3Zr. The molecule has 55 valence electrons. The van der Waals surface area contributed by atoms with Crippen molar-refractivity contribution in [3.8, 4) is 0 Å². The van der Waals surface area contributed by atoms with Gasteiger partial charge in [-0.1, -0.05) is 0 Å². The van der Waals surface area contributed by atoms with Gasteiger partial charge in [-0.2, -0.15) is 0 Å². The first kappa shape index (κ1) is 10.1. The van der Waals surface area contributed by atoms with E-state index in [4.69, 9.17) is 0 Å². The Balaban J connectivity index is 0.000000180. The first-order valence-corrected chi connectivity index (χ1v) is 4.17. The van der Waals surface area contributed by atoms with Crippen molar-refractivity contribution in [1.29, 1.82) is 0 Å². The molecule has 4 heteroatoms. The molecule has 0 radical (unpaired) electrons. The number of hydrogen-bond acceptors (Lipinski definition) is 2. The van der Waals surface area contributed by atoms with Crippen LogP contribution in [0.2, 0.25) is 0 Å². The average Bonchev–Trinajstić information content (AvgIpc) is 2.15. The standard InChI is InChI=1S/C3H3N2.C3H9N.Zr/c1-2-5-3-4-1;1-4(2)3;/h1-2H,(H,4,5);1-3H3;. The molecule has 0 atom stereocenters. The minimum atomic E-state index is 1.06. The van der Waals surface area contributed by atoms with Gasteiger partial charge in [-0.25, -0.2) is 0 Å². The fraction of sp³-hybridized carbons (Fsp3) is 0.500. The van der Waals surface area contributed by atoms with Crippen LogP contribution in [0.4, 0.5) is 0 Å². The van der Waals surface area contributed by atoms with E-state index in [0.29, 0.717) is 0 Å². The minimum absolute atomic E-state index is 1.06. The van der Waals surface area contributed by atoms with E-state index in [1.807, 2.05) is 32.2 Å². The van der Waals surface area contributed by atoms with Gasteiger partial charge in [-0.15, -0.1) is 0 Å². The molecule has 0 aliphatic carbocycles. The quantitative estimate of drug-likeness (QED) is 0.650. The fourth-order valence-corrected chi connectivity index (χ4v) is 0.653. The summed E-state index contributed by atoms with van der Waals surface area (Å²) in [6, 6.07) is 0. The molecule has 1 rings (SSSR count). The number of hydrogen-bond donors (Lipinski definition) is 1. The van der Waals surface area contributed by atoms with Gasteiger partial charge in [0.25, 0.3) is 0 Å². The van der Waals surface area contributed by atoms with Gasteiger partial charge >= 0.3 is 50.6 Å². The molecule has 0 aliphatic rings. The molecule has 0 spiro atoms. The van der Waals surface area contributed by atoms with Crippen LogP contribution in [0.3, 0.4) is 0 Å². The molecule has 10 heavy (non-hydrogen) atoms. The van der Waals surface area contributed by atoms with E-state index in [-0.39, 0.29) is 0 Å². The van der Waals surface area contributed by atoms with E-state index in [9.17, 15) is 0 Å². The number of rotatable bonds is 0. The Hall–Kier alpha value is 0.0531. The van der Waals surface area contributed by atoms with Crippen LogP contribution < -0.4 is 3.53 Å². The summed E-state index contributed by atoms with van der Waals surface area (Å²) in [7, 11) is 6.00. The van der Waals surface area contributed by atoms with Crippen LogP contribution in [0, 0.1) is 0 Å². The molecule has 0 saturated carbocycles. The van der Waals surface area contributed by atoms with Crippen molar-refractivity contribution in [2.24, 2.45) is 0 Å². The number of nitrogens with one attached hydrogen (secondary N) is 1. The summed E-state index contributed by atoms with van der Waals surface area (Å²) in [6.45, 7) is 0. The third-order valence-electron chi connectivity index (χ3n) is 0.498. The normalized spacial score (nSPS) is 8.70. The van der Waals surface area contributed by atoms with Crippen molar-refractivity contribution in [2.45, 2.75) is 0 Å². The zero-order valence-electron chi connectivity index (χ0n) is 6.55. The molecule has 0 fully saturated rings. The van der Waals surface area contributed by atoms with Gasteiger partial charge in [0.15, 0.2) is 0 Å². The van der Waals surface area contributed by atoms with E-state index in [1.54, 1.807) is 6.20 Å². The molecule has 0 aromatic carbocycles. The molecule has 1 aromatic rings. The number of aromatic nitrogens is 2. The summed E-state index contributed by atoms with van der Waals surface area (Å²) in [6.07, 6.45) is 3.58. The summed E-state index contributed by atoms with van der Waals surface area (Å²) >= 11 is 1.34. The van der Waals surface area contributed by atoms with Crippen LogP contribution in [0.5, 0.6) is 0 Å². The van der Waals surface area contributed by atoms with Crippen molar-refractivity contribution in [3.63, 3.8) is 0 Å². The van der Waals surface area contributed by atoms with Crippen molar-refractivity contribution >= 4 is 3.53 Å². The maximum absolute atomic E-state index is 3.90. The second kappa shape index (κ2) is 5.81. The predicted molar refractivity (Wildman–Crippen MR) is 37.8 cm³/mol. The number of H-pyrrole nitrogens is 1. The van der Waals surface area contributed by atoms with Gasteiger partial charge in [-0.3, -0.25) is 0 Å². The van der Waals surface area contributed by atoms with Gasteiger partial charge < -0.3 is 4.90 Å². The first-order valence-electron chi connectivity index (χ1n) is 2.95. The molecule has 3 nitrogen and oxygen atoms in total. The van der Waals surface area contributed by atoms with Crippen LogP contribution in [-0.4, -0.2) is 36.0 Å². The summed E-state index contributed by atoms with van der Waals surface area (Å²) in [4.78, 5) is 8.83. The second-order valence-corrected chi connectivity index (χ2v) is 3.44. The SMILES string of the molecule is CN(C)C.[Zr][c]1ncc[nH]1. The van der Waals surface area contributed by atoms with Crippen LogP contribution in [0.25, 0.3) is 0 Å². The van der Waals surface area contributed by atoms with E-state index in [0.717, 1.165) is 3.53 Å². The maximum atomic E-state index is 3.90. The Morgan fingerprint density at radius 3 is 2.10 bits per heavy atom. The van der Waals surface area contributed by atoms with Crippen molar-refractivity contribution in [2.75, 3.05) is 21.1 Å². The van der Waals surface area contributed by atoms with E-state index < -0.39 is 0 Å². The Kier molecular flexibility index (Phi) is 5.84. The predicted octanol–water partition coefficient (Wildman–Crippen LogP) is -0.240. The fourth-order valence-electron chi connectivity index (χ4n) is 0.265. The van der Waals surface area contributed by atoms with E-state index >= 15 is 0 Å². The topological polar surface area (TPSA) is 31.9 Å². The van der Waals surface area contributed by atoms with Crippen molar-refractivity contribution in [3.05, 3.63) is 12.4 Å². The molecule has 1 N–H and O–H groups in total. The number of imidazole rings is 1. The molecule has 1 heterocycles. The monoisotopic (exact) mass is 216 g/mol. The van der Waals surface area contributed by atoms with E-state index in [2.05, 4.69) is 9.97 Å². The molecule has 0 amide bonds. The summed E-state index contributed by atoms with van der Waals surface area (Å²) in [5.74, 6) is 0. The molecule has 0 aliphatic heterocycles. The van der Waals surface area contributed by atoms with Crippen molar-refractivity contribution < 1.29 is 24.7 Å². The number of aromatic amines is 1. The Morgan fingerprint density at radius 1 is 1.50 bits per heavy atom. The van der Waals surface area contributed by atoms with Gasteiger partial charge in [0.1, 0.15) is 0 Å². The molecule has 0 saturated heterocycles. The van der Waals surface area contributed by atoms with E-state index in [1.165, 1.54) is 24.7 Å². The summed E-state index contributed by atoms with van der Waals surface area (Å²) in [5.41, 5.74) is 0. The third-order valence-corrected chi connectivity index (χ3v) is 1.17. The average molecular weight is 217 g/mol. The number of nitrogens with zero attached hydrogens (tertiary/aromatic N) is 2. The van der Waals surface area contributed by atoms with Crippen LogP contribution in [0.15, 0.2) is 12.4 Å². The summed E-state index contributed by atoms with van der Waals surface area (Å²) in [5, 5.41) is 0. The van der Waals surface area contributed by atoms with Gasteiger partial charge in [0.2, 0.25) is 0 Å². The zero-order chi connectivity index (χ0) is 7.98. The van der Waals surface area contributed by atoms with Crippen LogP contribution in [-0.2, 0) is 24.7 Å². The molecule has 1 aromatic heterocycles. The van der Waals surface area contributed by atoms with Gasteiger partial charge in [0, 0.05) is 0 Å². The van der Waals surface area contributed by atoms with Crippen LogP contribution in [0.1, 0.15) is 0 Å². The Bertz CT molecular complexity index is 145. The van der Waals surface area contributed by atoms with Gasteiger partial charge in [0.05, 0.1) is 0 Å². The summed E-state index contributed by atoms with van der Waals surface area (Å²) < 4.78 is 1.06. The molecular weight excluding hydrogens is 205 g/mol. The first-order chi connectivity index (χ1) is 4.63. The molecule has 0 bridgehead atoms. The van der Waals surface area contributed by atoms with Crippen molar-refractivity contribution in [1.82, 2.24) is 14.9 Å². The Morgan fingerprint density at radius 2 is 2.00 bits per heavy atom. The third kappa shape index (κ3) is 8.05. The van der Waals surface area contributed by atoms with Crippen LogP contribution >= 0.6 is 0 Å². The van der Waals surface area contributed by atoms with Gasteiger partial charge in [-0.05, 0) is 21.1 Å². The Labute approximate surface area is 76.7 Å².